The van der Waals surface area contributed by atoms with Crippen molar-refractivity contribution in [2.45, 2.75) is 37.8 Å². The number of halogens is 2. The topological polar surface area (TPSA) is 75.4 Å². The Kier molecular flexibility index (Phi) is 3.95. The highest BCUT2D eigenvalue weighted by Crippen LogP contribution is 2.29. The van der Waals surface area contributed by atoms with Crippen LogP contribution in [0.2, 0.25) is 5.02 Å². The van der Waals surface area contributed by atoms with Gasteiger partial charge in [-0.25, -0.2) is 4.39 Å². The molecule has 0 saturated carbocycles. The molecule has 0 aromatic heterocycles. The number of rotatable bonds is 2. The predicted molar refractivity (Wildman–Crippen MR) is 81.0 cm³/mol. The molecule has 22 heavy (non-hydrogen) atoms. The number of carbonyl (C=O) groups excluding carboxylic acids is 2. The van der Waals surface area contributed by atoms with Gasteiger partial charge in [-0.15, -0.1) is 0 Å². The van der Waals surface area contributed by atoms with Crippen molar-refractivity contribution in [2.75, 3.05) is 12.3 Å². The van der Waals surface area contributed by atoms with Crippen LogP contribution < -0.4 is 11.1 Å². The molecule has 3 rings (SSSR count). The quantitative estimate of drug-likeness (QED) is 0.816. The first-order valence-corrected chi connectivity index (χ1v) is 7.71. The Morgan fingerprint density at radius 1 is 1.41 bits per heavy atom. The van der Waals surface area contributed by atoms with Gasteiger partial charge < -0.3 is 16.0 Å². The van der Waals surface area contributed by atoms with E-state index in [0.717, 1.165) is 31.9 Å². The predicted octanol–water partition coefficient (Wildman–Crippen LogP) is 1.94. The molecular formula is C15H17ClFN3O2. The number of hydrogen-bond acceptors (Lipinski definition) is 3. The highest BCUT2D eigenvalue weighted by molar-refractivity contribution is 6.31. The SMILES string of the molecule is Nc1c(F)cc(Cl)cc1C(=O)NC1CC2CCCCN2C1=O. The van der Waals surface area contributed by atoms with E-state index in [1.807, 2.05) is 4.90 Å². The summed E-state index contributed by atoms with van der Waals surface area (Å²) in [5.74, 6) is -1.39. The van der Waals surface area contributed by atoms with Crippen molar-refractivity contribution in [2.24, 2.45) is 0 Å². The molecule has 2 saturated heterocycles. The van der Waals surface area contributed by atoms with Crippen molar-refractivity contribution < 1.29 is 14.0 Å². The van der Waals surface area contributed by atoms with Crippen molar-refractivity contribution in [1.82, 2.24) is 10.2 Å². The zero-order valence-corrected chi connectivity index (χ0v) is 12.7. The van der Waals surface area contributed by atoms with Crippen molar-refractivity contribution in [3.8, 4) is 0 Å². The Labute approximate surface area is 132 Å². The van der Waals surface area contributed by atoms with Gasteiger partial charge in [-0.3, -0.25) is 9.59 Å². The highest BCUT2D eigenvalue weighted by atomic mass is 35.5. The zero-order valence-electron chi connectivity index (χ0n) is 11.9. The lowest BCUT2D eigenvalue weighted by Crippen LogP contribution is -2.43. The molecule has 2 heterocycles. The Bertz CT molecular complexity index is 637. The van der Waals surface area contributed by atoms with Crippen LogP contribution in [0.4, 0.5) is 10.1 Å². The summed E-state index contributed by atoms with van der Waals surface area (Å²) in [5.41, 5.74) is 5.29. The van der Waals surface area contributed by atoms with Gasteiger partial charge in [-0.1, -0.05) is 11.6 Å². The Balaban J connectivity index is 1.76. The molecular weight excluding hydrogens is 309 g/mol. The first kappa shape index (κ1) is 15.1. The maximum Gasteiger partial charge on any atom is 0.254 e. The second kappa shape index (κ2) is 5.76. The van der Waals surface area contributed by atoms with Gasteiger partial charge in [0, 0.05) is 17.6 Å². The van der Waals surface area contributed by atoms with Gasteiger partial charge in [-0.2, -0.15) is 0 Å². The van der Waals surface area contributed by atoms with Crippen LogP contribution in [0.25, 0.3) is 0 Å². The molecule has 0 bridgehead atoms. The Morgan fingerprint density at radius 3 is 2.91 bits per heavy atom. The van der Waals surface area contributed by atoms with Gasteiger partial charge in [-0.05, 0) is 37.8 Å². The molecule has 2 aliphatic heterocycles. The summed E-state index contributed by atoms with van der Waals surface area (Å²) in [6.45, 7) is 0.740. The third kappa shape index (κ3) is 2.63. The van der Waals surface area contributed by atoms with Crippen LogP contribution in [0, 0.1) is 5.82 Å². The lowest BCUT2D eigenvalue weighted by Gasteiger charge is -2.28. The van der Waals surface area contributed by atoms with Crippen LogP contribution >= 0.6 is 11.6 Å². The summed E-state index contributed by atoms with van der Waals surface area (Å²) >= 11 is 5.76. The number of amides is 2. The van der Waals surface area contributed by atoms with E-state index in [0.29, 0.717) is 6.42 Å². The summed E-state index contributed by atoms with van der Waals surface area (Å²) in [4.78, 5) is 26.4. The third-order valence-corrected chi connectivity index (χ3v) is 4.58. The van der Waals surface area contributed by atoms with Gasteiger partial charge in [0.1, 0.15) is 11.9 Å². The number of nitrogens with one attached hydrogen (secondary N) is 1. The van der Waals surface area contributed by atoms with Gasteiger partial charge >= 0.3 is 0 Å². The van der Waals surface area contributed by atoms with Crippen molar-refractivity contribution in [1.29, 1.82) is 0 Å². The average molecular weight is 326 g/mol. The normalized spacial score (nSPS) is 24.3. The molecule has 5 nitrogen and oxygen atoms in total. The number of anilines is 1. The minimum atomic E-state index is -0.743. The van der Waals surface area contributed by atoms with Crippen molar-refractivity contribution >= 4 is 29.1 Å². The van der Waals surface area contributed by atoms with Gasteiger partial charge in [0.05, 0.1) is 11.3 Å². The minimum absolute atomic E-state index is 0.0392. The number of nitrogen functional groups attached to an aromatic ring is 1. The monoisotopic (exact) mass is 325 g/mol. The second-order valence-electron chi connectivity index (χ2n) is 5.79. The first-order chi connectivity index (χ1) is 10.5. The molecule has 0 radical (unpaired) electrons. The standard InChI is InChI=1S/C15H17ClFN3O2/c16-8-5-10(13(18)11(17)6-8)14(21)19-12-7-9-3-1-2-4-20(9)15(12)22/h5-6,9,12H,1-4,7,18H2,(H,19,21). The third-order valence-electron chi connectivity index (χ3n) is 4.36. The number of nitrogens with two attached hydrogens (primary N) is 1. The maximum atomic E-state index is 13.6. The van der Waals surface area contributed by atoms with Crippen LogP contribution in [-0.4, -0.2) is 35.3 Å². The van der Waals surface area contributed by atoms with Gasteiger partial charge in [0.15, 0.2) is 0 Å². The zero-order chi connectivity index (χ0) is 15.9. The average Bonchev–Trinajstić information content (AvgIpc) is 2.79. The fraction of sp³-hybridized carbons (Fsp3) is 0.467. The fourth-order valence-corrected chi connectivity index (χ4v) is 3.44. The first-order valence-electron chi connectivity index (χ1n) is 7.33. The largest absolute Gasteiger partial charge is 0.396 e. The number of piperidine rings is 1. The Hall–Kier alpha value is -1.82. The molecule has 3 N–H and O–H groups in total. The van der Waals surface area contributed by atoms with Crippen molar-refractivity contribution in [3.05, 3.63) is 28.5 Å². The molecule has 2 unspecified atom stereocenters. The van der Waals surface area contributed by atoms with Crippen LogP contribution in [0.1, 0.15) is 36.0 Å². The minimum Gasteiger partial charge on any atom is -0.396 e. The van der Waals surface area contributed by atoms with Crippen molar-refractivity contribution in [3.63, 3.8) is 0 Å². The van der Waals surface area contributed by atoms with E-state index >= 15 is 0 Å². The van der Waals surface area contributed by atoms with Crippen LogP contribution in [-0.2, 0) is 4.79 Å². The molecule has 118 valence electrons. The second-order valence-corrected chi connectivity index (χ2v) is 6.23. The van der Waals surface area contributed by atoms with E-state index in [1.165, 1.54) is 6.07 Å². The lowest BCUT2D eigenvalue weighted by molar-refractivity contribution is -0.131. The molecule has 2 fully saturated rings. The molecule has 2 aliphatic rings. The van der Waals surface area contributed by atoms with E-state index in [2.05, 4.69) is 5.32 Å². The van der Waals surface area contributed by atoms with E-state index < -0.39 is 17.8 Å². The fourth-order valence-electron chi connectivity index (χ4n) is 3.24. The summed E-state index contributed by atoms with van der Waals surface area (Å²) in [6.07, 6.45) is 3.65. The molecule has 1 aromatic rings. The molecule has 0 spiro atoms. The number of hydrogen-bond donors (Lipinski definition) is 2. The van der Waals surface area contributed by atoms with E-state index in [1.54, 1.807) is 0 Å². The lowest BCUT2D eigenvalue weighted by atomic mass is 10.0. The van der Waals surface area contributed by atoms with Crippen LogP contribution in [0.5, 0.6) is 0 Å². The summed E-state index contributed by atoms with van der Waals surface area (Å²) in [5, 5.41) is 2.75. The molecule has 1 aromatic carbocycles. The van der Waals surface area contributed by atoms with Crippen LogP contribution in [0.15, 0.2) is 12.1 Å². The summed E-state index contributed by atoms with van der Waals surface area (Å²) in [7, 11) is 0. The van der Waals surface area contributed by atoms with Crippen LogP contribution in [0.3, 0.4) is 0 Å². The molecule has 2 amide bonds. The molecule has 0 aliphatic carbocycles. The molecule has 2 atom stereocenters. The van der Waals surface area contributed by atoms with Gasteiger partial charge in [0.2, 0.25) is 5.91 Å². The Morgan fingerprint density at radius 2 is 2.18 bits per heavy atom. The van der Waals surface area contributed by atoms with E-state index in [4.69, 9.17) is 17.3 Å². The summed E-state index contributed by atoms with van der Waals surface area (Å²) < 4.78 is 13.6. The number of carbonyl (C=O) groups is 2. The smallest absolute Gasteiger partial charge is 0.254 e. The number of nitrogens with zero attached hydrogens (tertiary/aromatic N) is 1. The number of benzene rings is 1. The number of fused-ring (bicyclic) bond motifs is 1. The van der Waals surface area contributed by atoms with E-state index in [9.17, 15) is 14.0 Å². The van der Waals surface area contributed by atoms with Gasteiger partial charge in [0.25, 0.3) is 5.91 Å². The highest BCUT2D eigenvalue weighted by Gasteiger charge is 2.41. The summed E-state index contributed by atoms with van der Waals surface area (Å²) in [6, 6.07) is 1.98. The van der Waals surface area contributed by atoms with E-state index in [-0.39, 0.29) is 28.2 Å². The maximum absolute atomic E-state index is 13.6. The molecule has 7 heteroatoms.